The van der Waals surface area contributed by atoms with Gasteiger partial charge in [-0.3, -0.25) is 14.4 Å². The summed E-state index contributed by atoms with van der Waals surface area (Å²) in [6.07, 6.45) is -1.01. The number of nitrogens with zero attached hydrogens (tertiary/aromatic N) is 2. The van der Waals surface area contributed by atoms with Gasteiger partial charge in [-0.25, -0.2) is 9.96 Å². The van der Waals surface area contributed by atoms with E-state index in [-0.39, 0.29) is 15.7 Å². The number of rotatable bonds is 3. The highest BCUT2D eigenvalue weighted by molar-refractivity contribution is 6.42. The topological polar surface area (TPSA) is 49.9 Å². The Bertz CT molecular complexity index is 1170. The number of amides is 2. The number of halogens is 3. The van der Waals surface area contributed by atoms with Crippen molar-refractivity contribution in [2.45, 2.75) is 12.1 Å². The van der Waals surface area contributed by atoms with E-state index < -0.39 is 29.9 Å². The zero-order valence-corrected chi connectivity index (χ0v) is 18.2. The highest BCUT2D eigenvalue weighted by Crippen LogP contribution is 2.49. The van der Waals surface area contributed by atoms with Gasteiger partial charge in [-0.05, 0) is 42.0 Å². The number of fused-ring (bicyclic) bond motifs is 1. The normalized spacial score (nSPS) is 22.9. The van der Waals surface area contributed by atoms with Gasteiger partial charge in [0.2, 0.25) is 5.91 Å². The molecule has 2 amide bonds. The molecule has 5 rings (SSSR count). The molecule has 31 heavy (non-hydrogen) atoms. The van der Waals surface area contributed by atoms with Crippen LogP contribution in [0.2, 0.25) is 15.1 Å². The molecule has 2 saturated heterocycles. The van der Waals surface area contributed by atoms with E-state index >= 15 is 0 Å². The first-order chi connectivity index (χ1) is 15.0. The van der Waals surface area contributed by atoms with Gasteiger partial charge in [0.1, 0.15) is 5.92 Å². The lowest BCUT2D eigenvalue weighted by Gasteiger charge is -2.29. The average molecular weight is 474 g/mol. The maximum Gasteiger partial charge on any atom is 0.266 e. The van der Waals surface area contributed by atoms with Crippen LogP contribution in [0.3, 0.4) is 0 Å². The molecular weight excluding hydrogens is 459 g/mol. The zero-order chi connectivity index (χ0) is 21.7. The molecule has 0 aliphatic carbocycles. The fourth-order valence-corrected chi connectivity index (χ4v) is 4.93. The average Bonchev–Trinajstić information content (AvgIpc) is 3.26. The third kappa shape index (κ3) is 3.29. The second-order valence-corrected chi connectivity index (χ2v) is 8.55. The summed E-state index contributed by atoms with van der Waals surface area (Å²) in [5.41, 5.74) is 1.66. The Kier molecular flexibility index (Phi) is 5.15. The minimum Gasteiger partial charge on any atom is -0.273 e. The number of hydroxylamine groups is 1. The molecule has 0 N–H and O–H groups in total. The van der Waals surface area contributed by atoms with E-state index in [4.69, 9.17) is 39.6 Å². The van der Waals surface area contributed by atoms with Crippen LogP contribution < -0.4 is 9.96 Å². The number of carbonyl (C=O) groups excluding carboxylic acids is 2. The maximum absolute atomic E-state index is 13.6. The second-order valence-electron chi connectivity index (χ2n) is 7.30. The third-order valence-electron chi connectivity index (χ3n) is 5.48. The molecule has 0 aromatic heterocycles. The van der Waals surface area contributed by atoms with Crippen molar-refractivity contribution in [3.63, 3.8) is 0 Å². The van der Waals surface area contributed by atoms with E-state index in [1.54, 1.807) is 41.5 Å². The van der Waals surface area contributed by atoms with Crippen molar-refractivity contribution in [2.75, 3.05) is 9.96 Å². The smallest absolute Gasteiger partial charge is 0.266 e. The lowest BCUT2D eigenvalue weighted by atomic mass is 9.90. The maximum atomic E-state index is 13.6. The van der Waals surface area contributed by atoms with Crippen LogP contribution in [0.4, 0.5) is 11.4 Å². The molecule has 2 fully saturated rings. The van der Waals surface area contributed by atoms with Gasteiger partial charge in [-0.1, -0.05) is 71.2 Å². The summed E-state index contributed by atoms with van der Waals surface area (Å²) in [7, 11) is 0. The lowest BCUT2D eigenvalue weighted by Crippen LogP contribution is -2.37. The summed E-state index contributed by atoms with van der Waals surface area (Å²) in [5.74, 6) is -1.72. The van der Waals surface area contributed by atoms with Crippen molar-refractivity contribution in [2.24, 2.45) is 5.92 Å². The SMILES string of the molecule is O=C1[C@@H]2[C@@H](c3cccc(Cl)c3)N(c3ccccc3)O[C@H]2C(=O)N1c1c(Cl)cccc1Cl. The predicted octanol–water partition coefficient (Wildman–Crippen LogP) is 5.70. The number of carbonyl (C=O) groups is 2. The summed E-state index contributed by atoms with van der Waals surface area (Å²) in [6, 6.07) is 20.8. The number of hydrogen-bond donors (Lipinski definition) is 0. The van der Waals surface area contributed by atoms with Crippen molar-refractivity contribution in [1.82, 2.24) is 0 Å². The zero-order valence-electron chi connectivity index (χ0n) is 15.9. The molecule has 2 heterocycles. The van der Waals surface area contributed by atoms with Crippen LogP contribution in [-0.4, -0.2) is 17.9 Å². The Labute approximate surface area is 193 Å². The predicted molar refractivity (Wildman–Crippen MR) is 120 cm³/mol. The van der Waals surface area contributed by atoms with Crippen LogP contribution >= 0.6 is 34.8 Å². The first-order valence-corrected chi connectivity index (χ1v) is 10.7. The van der Waals surface area contributed by atoms with Gasteiger partial charge < -0.3 is 0 Å². The van der Waals surface area contributed by atoms with E-state index in [1.165, 1.54) is 0 Å². The van der Waals surface area contributed by atoms with Crippen LogP contribution in [0.1, 0.15) is 11.6 Å². The summed E-state index contributed by atoms with van der Waals surface area (Å²) in [5, 5.41) is 2.57. The quantitative estimate of drug-likeness (QED) is 0.458. The Morgan fingerprint density at radius 2 is 1.45 bits per heavy atom. The molecule has 2 aliphatic heterocycles. The molecule has 0 radical (unpaired) electrons. The second kappa shape index (κ2) is 7.84. The number of hydrogen-bond acceptors (Lipinski definition) is 4. The van der Waals surface area contributed by atoms with Crippen molar-refractivity contribution in [3.8, 4) is 0 Å². The van der Waals surface area contributed by atoms with Crippen LogP contribution in [0.25, 0.3) is 0 Å². The molecule has 156 valence electrons. The molecule has 0 saturated carbocycles. The number of benzene rings is 3. The fourth-order valence-electron chi connectivity index (χ4n) is 4.17. The summed E-state index contributed by atoms with van der Waals surface area (Å²) in [4.78, 5) is 34.1. The van der Waals surface area contributed by atoms with E-state index in [9.17, 15) is 9.59 Å². The molecule has 2 aliphatic rings. The Morgan fingerprint density at radius 3 is 2.13 bits per heavy atom. The molecule has 8 heteroatoms. The number of para-hydroxylation sites is 2. The highest BCUT2D eigenvalue weighted by Gasteiger charge is 2.60. The summed E-state index contributed by atoms with van der Waals surface area (Å²) in [6.45, 7) is 0. The molecule has 3 aromatic rings. The largest absolute Gasteiger partial charge is 0.273 e. The fraction of sp³-hybridized carbons (Fsp3) is 0.130. The minimum absolute atomic E-state index is 0.176. The van der Waals surface area contributed by atoms with Crippen molar-refractivity contribution in [3.05, 3.63) is 93.4 Å². The third-order valence-corrected chi connectivity index (χ3v) is 6.32. The minimum atomic E-state index is -1.01. The van der Waals surface area contributed by atoms with E-state index in [1.807, 2.05) is 36.4 Å². The Morgan fingerprint density at radius 1 is 0.774 bits per heavy atom. The molecule has 3 aromatic carbocycles. The molecule has 3 atom stereocenters. The number of anilines is 2. The van der Waals surface area contributed by atoms with Gasteiger partial charge >= 0.3 is 0 Å². The lowest BCUT2D eigenvalue weighted by molar-refractivity contribution is -0.126. The first-order valence-electron chi connectivity index (χ1n) is 9.55. The van der Waals surface area contributed by atoms with Gasteiger partial charge in [0.05, 0.1) is 27.5 Å². The monoisotopic (exact) mass is 472 g/mol. The molecule has 0 spiro atoms. The molecule has 0 bridgehead atoms. The Hall–Kier alpha value is -2.57. The van der Waals surface area contributed by atoms with E-state index in [2.05, 4.69) is 0 Å². The van der Waals surface area contributed by atoms with Gasteiger partial charge in [0.15, 0.2) is 6.10 Å². The van der Waals surface area contributed by atoms with Crippen molar-refractivity contribution >= 4 is 58.0 Å². The van der Waals surface area contributed by atoms with Crippen LogP contribution in [0.5, 0.6) is 0 Å². The van der Waals surface area contributed by atoms with Crippen LogP contribution in [-0.2, 0) is 14.4 Å². The molecule has 0 unspecified atom stereocenters. The first kappa shape index (κ1) is 20.3. The standard InChI is InChI=1S/C23H15Cl3N2O3/c24-14-7-4-6-13(12-14)19-18-21(31-28(19)15-8-2-1-3-9-15)23(30)27(22(18)29)20-16(25)10-5-11-17(20)26/h1-12,18-19,21H/t18-,19-,21-/m1/s1. The highest BCUT2D eigenvalue weighted by atomic mass is 35.5. The van der Waals surface area contributed by atoms with Gasteiger partial charge in [0.25, 0.3) is 5.91 Å². The summed E-state index contributed by atoms with van der Waals surface area (Å²) >= 11 is 18.8. The molecular formula is C23H15Cl3N2O3. The van der Waals surface area contributed by atoms with Crippen molar-refractivity contribution < 1.29 is 14.4 Å². The summed E-state index contributed by atoms with van der Waals surface area (Å²) < 4.78 is 0. The van der Waals surface area contributed by atoms with E-state index in [0.717, 1.165) is 16.2 Å². The molecule has 5 nitrogen and oxygen atoms in total. The van der Waals surface area contributed by atoms with Crippen molar-refractivity contribution in [1.29, 1.82) is 0 Å². The van der Waals surface area contributed by atoms with Gasteiger partial charge in [0, 0.05) is 5.02 Å². The number of imide groups is 1. The Balaban J connectivity index is 1.62. The van der Waals surface area contributed by atoms with Crippen LogP contribution in [0, 0.1) is 5.92 Å². The van der Waals surface area contributed by atoms with Crippen LogP contribution in [0.15, 0.2) is 72.8 Å². The van der Waals surface area contributed by atoms with E-state index in [0.29, 0.717) is 5.02 Å². The van der Waals surface area contributed by atoms with Gasteiger partial charge in [-0.2, -0.15) is 0 Å². The van der Waals surface area contributed by atoms with Gasteiger partial charge in [-0.15, -0.1) is 0 Å².